The maximum Gasteiger partial charge on any atom is 0.443 e. The Bertz CT molecular complexity index is 1570. The maximum absolute atomic E-state index is 13.6. The summed E-state index contributed by atoms with van der Waals surface area (Å²) in [5.41, 5.74) is 3.24. The molecule has 1 amide bonds. The first-order valence-corrected chi connectivity index (χ1v) is 12.6. The van der Waals surface area contributed by atoms with E-state index in [9.17, 15) is 18.0 Å². The second-order valence-corrected chi connectivity index (χ2v) is 9.99. The molecule has 2 aromatic carbocycles. The quantitative estimate of drug-likeness (QED) is 0.365. The number of hydrogen-bond acceptors (Lipinski definition) is 6. The Morgan fingerprint density at radius 2 is 1.84 bits per heavy atom. The number of para-hydroxylation sites is 4. The molecular formula is C25H22F3N7OS. The number of thiazole rings is 1. The SMILES string of the molecule is C[C@@H]1CN(c2sc(C(F)(F)F)nc2-c2nc3ccccc3[nH]2)CCN1C(=O)Cn1cnc2ccccc21. The van der Waals surface area contributed by atoms with E-state index in [-0.39, 0.29) is 24.2 Å². The molecule has 8 nitrogen and oxygen atoms in total. The molecule has 190 valence electrons. The molecule has 0 radical (unpaired) electrons. The van der Waals surface area contributed by atoms with E-state index in [4.69, 9.17) is 0 Å². The van der Waals surface area contributed by atoms with Gasteiger partial charge in [-0.05, 0) is 31.2 Å². The number of piperazine rings is 1. The highest BCUT2D eigenvalue weighted by Crippen LogP contribution is 2.42. The van der Waals surface area contributed by atoms with Crippen molar-refractivity contribution in [2.24, 2.45) is 0 Å². The average Bonchev–Trinajstić information content (AvgIpc) is 3.60. The Morgan fingerprint density at radius 3 is 2.59 bits per heavy atom. The van der Waals surface area contributed by atoms with Crippen LogP contribution < -0.4 is 4.90 Å². The molecular weight excluding hydrogens is 503 g/mol. The summed E-state index contributed by atoms with van der Waals surface area (Å²) in [5, 5.41) is -0.526. The van der Waals surface area contributed by atoms with Gasteiger partial charge in [-0.3, -0.25) is 4.79 Å². The predicted molar refractivity (Wildman–Crippen MR) is 135 cm³/mol. The van der Waals surface area contributed by atoms with Crippen molar-refractivity contribution in [2.45, 2.75) is 25.7 Å². The van der Waals surface area contributed by atoms with Crippen LogP contribution in [0.1, 0.15) is 11.9 Å². The summed E-state index contributed by atoms with van der Waals surface area (Å²) in [6, 6.07) is 14.7. The first kappa shape index (κ1) is 23.5. The van der Waals surface area contributed by atoms with Gasteiger partial charge in [-0.1, -0.05) is 35.6 Å². The summed E-state index contributed by atoms with van der Waals surface area (Å²) >= 11 is 0.609. The number of carbonyl (C=O) groups excluding carboxylic acids is 1. The number of aromatic amines is 1. The van der Waals surface area contributed by atoms with Gasteiger partial charge in [-0.25, -0.2) is 15.0 Å². The van der Waals surface area contributed by atoms with E-state index in [2.05, 4.69) is 19.9 Å². The fourth-order valence-electron chi connectivity index (χ4n) is 4.75. The number of nitrogens with zero attached hydrogens (tertiary/aromatic N) is 6. The van der Waals surface area contributed by atoms with Crippen LogP contribution in [0.5, 0.6) is 0 Å². The van der Waals surface area contributed by atoms with Gasteiger partial charge in [-0.2, -0.15) is 13.2 Å². The third-order valence-electron chi connectivity index (χ3n) is 6.53. The molecule has 0 unspecified atom stereocenters. The molecule has 5 aromatic rings. The van der Waals surface area contributed by atoms with Gasteiger partial charge in [0.1, 0.15) is 17.2 Å². The zero-order valence-electron chi connectivity index (χ0n) is 19.7. The molecule has 1 fully saturated rings. The number of nitrogens with one attached hydrogen (secondary N) is 1. The Kier molecular flexibility index (Phi) is 5.63. The predicted octanol–water partition coefficient (Wildman–Crippen LogP) is 4.79. The highest BCUT2D eigenvalue weighted by Gasteiger charge is 2.39. The highest BCUT2D eigenvalue weighted by molar-refractivity contribution is 7.16. The highest BCUT2D eigenvalue weighted by atomic mass is 32.1. The molecule has 4 heterocycles. The largest absolute Gasteiger partial charge is 0.443 e. The van der Waals surface area contributed by atoms with E-state index in [1.165, 1.54) is 0 Å². The monoisotopic (exact) mass is 525 g/mol. The molecule has 0 saturated carbocycles. The number of imidazole rings is 2. The van der Waals surface area contributed by atoms with Gasteiger partial charge in [0.15, 0.2) is 5.82 Å². The van der Waals surface area contributed by atoms with Gasteiger partial charge in [-0.15, -0.1) is 0 Å². The number of rotatable bonds is 4. The zero-order valence-corrected chi connectivity index (χ0v) is 20.6. The molecule has 6 rings (SSSR count). The van der Waals surface area contributed by atoms with Crippen molar-refractivity contribution >= 4 is 44.3 Å². The van der Waals surface area contributed by atoms with Gasteiger partial charge in [0.25, 0.3) is 0 Å². The minimum Gasteiger partial charge on any atom is -0.358 e. The number of H-pyrrole nitrogens is 1. The number of carbonyl (C=O) groups is 1. The average molecular weight is 526 g/mol. The van der Waals surface area contributed by atoms with Gasteiger partial charge < -0.3 is 19.4 Å². The van der Waals surface area contributed by atoms with E-state index >= 15 is 0 Å². The van der Waals surface area contributed by atoms with Crippen LogP contribution in [-0.2, 0) is 17.5 Å². The van der Waals surface area contributed by atoms with Gasteiger partial charge in [0.2, 0.25) is 10.9 Å². The molecule has 37 heavy (non-hydrogen) atoms. The first-order chi connectivity index (χ1) is 17.8. The number of hydrogen-bond donors (Lipinski definition) is 1. The molecule has 3 aromatic heterocycles. The number of amides is 1. The van der Waals surface area contributed by atoms with Gasteiger partial charge in [0.05, 0.1) is 28.4 Å². The lowest BCUT2D eigenvalue weighted by Crippen LogP contribution is -2.54. The van der Waals surface area contributed by atoms with Crippen LogP contribution in [0.3, 0.4) is 0 Å². The van der Waals surface area contributed by atoms with Crippen molar-refractivity contribution in [3.05, 3.63) is 59.9 Å². The van der Waals surface area contributed by atoms with Crippen molar-refractivity contribution in [1.82, 2.24) is 29.4 Å². The number of alkyl halides is 3. The molecule has 1 N–H and O–H groups in total. The van der Waals surface area contributed by atoms with Crippen molar-refractivity contribution in [3.8, 4) is 11.5 Å². The molecule has 0 bridgehead atoms. The maximum atomic E-state index is 13.6. The van der Waals surface area contributed by atoms with Gasteiger partial charge in [0, 0.05) is 25.7 Å². The lowest BCUT2D eigenvalue weighted by molar-refractivity contribution is -0.137. The topological polar surface area (TPSA) is 82.9 Å². The summed E-state index contributed by atoms with van der Waals surface area (Å²) < 4.78 is 42.7. The summed E-state index contributed by atoms with van der Waals surface area (Å²) in [4.78, 5) is 32.7. The molecule has 12 heteroatoms. The lowest BCUT2D eigenvalue weighted by Gasteiger charge is -2.40. The molecule has 0 aliphatic carbocycles. The van der Waals surface area contributed by atoms with Crippen LogP contribution in [0.15, 0.2) is 54.9 Å². The Balaban J connectivity index is 1.25. The third kappa shape index (κ3) is 4.31. The molecule has 1 saturated heterocycles. The Morgan fingerprint density at radius 1 is 1.08 bits per heavy atom. The summed E-state index contributed by atoms with van der Waals surface area (Å²) in [5.74, 6) is 0.231. The minimum atomic E-state index is -4.57. The van der Waals surface area contributed by atoms with Gasteiger partial charge >= 0.3 is 6.18 Å². The Hall–Kier alpha value is -3.93. The van der Waals surface area contributed by atoms with Crippen LogP contribution in [0, 0.1) is 0 Å². The number of anilines is 1. The lowest BCUT2D eigenvalue weighted by atomic mass is 10.2. The van der Waals surface area contributed by atoms with E-state index in [1.54, 1.807) is 17.3 Å². The second-order valence-electron chi connectivity index (χ2n) is 9.02. The summed E-state index contributed by atoms with van der Waals surface area (Å²) in [6.07, 6.45) is -2.92. The van der Waals surface area contributed by atoms with Crippen molar-refractivity contribution < 1.29 is 18.0 Å². The molecule has 1 aliphatic heterocycles. The summed E-state index contributed by atoms with van der Waals surface area (Å²) in [7, 11) is 0. The molecule has 1 aliphatic rings. The second kappa shape index (κ2) is 8.87. The van der Waals surface area contributed by atoms with E-state index < -0.39 is 11.2 Å². The smallest absolute Gasteiger partial charge is 0.358 e. The van der Waals surface area contributed by atoms with E-state index in [0.717, 1.165) is 16.6 Å². The molecule has 1 atom stereocenters. The van der Waals surface area contributed by atoms with Crippen molar-refractivity contribution in [1.29, 1.82) is 0 Å². The Labute approximate surface area is 213 Å². The van der Waals surface area contributed by atoms with Crippen molar-refractivity contribution in [2.75, 3.05) is 24.5 Å². The number of benzene rings is 2. The van der Waals surface area contributed by atoms with Crippen LogP contribution >= 0.6 is 11.3 Å². The number of aromatic nitrogens is 5. The van der Waals surface area contributed by atoms with Crippen LogP contribution in [0.4, 0.5) is 18.2 Å². The van der Waals surface area contributed by atoms with Crippen LogP contribution in [0.25, 0.3) is 33.6 Å². The van der Waals surface area contributed by atoms with E-state index in [1.807, 2.05) is 58.9 Å². The van der Waals surface area contributed by atoms with E-state index in [0.29, 0.717) is 47.3 Å². The zero-order chi connectivity index (χ0) is 25.7. The minimum absolute atomic E-state index is 0.0619. The number of fused-ring (bicyclic) bond motifs is 2. The van der Waals surface area contributed by atoms with Crippen LogP contribution in [0.2, 0.25) is 0 Å². The fourth-order valence-corrected chi connectivity index (χ4v) is 5.72. The van der Waals surface area contributed by atoms with Crippen molar-refractivity contribution in [3.63, 3.8) is 0 Å². The number of halogens is 3. The third-order valence-corrected chi connectivity index (χ3v) is 7.69. The molecule has 0 spiro atoms. The first-order valence-electron chi connectivity index (χ1n) is 11.8. The summed E-state index contributed by atoms with van der Waals surface area (Å²) in [6.45, 7) is 3.19. The fraction of sp³-hybridized carbons (Fsp3) is 0.280. The van der Waals surface area contributed by atoms with Crippen LogP contribution in [-0.4, -0.2) is 61.0 Å². The normalized spacial score (nSPS) is 16.7. The standard InChI is InChI=1S/C25H22F3N7OS/c1-15-12-33(10-11-35(15)20(36)13-34-14-29-18-8-4-5-9-19(18)34)23-21(32-24(37-23)25(26,27)28)22-30-16-6-2-3-7-17(16)31-22/h2-9,14-15H,10-13H2,1H3,(H,30,31)/t15-/m1/s1.